The second kappa shape index (κ2) is 9.56. The van der Waals surface area contributed by atoms with Crippen molar-refractivity contribution in [1.29, 1.82) is 0 Å². The number of hydrogen-bond donors (Lipinski definition) is 1. The van der Waals surface area contributed by atoms with E-state index in [9.17, 15) is 52.7 Å². The van der Waals surface area contributed by atoms with Gasteiger partial charge in [-0.1, -0.05) is 12.1 Å². The number of amides is 1. The molecule has 1 fully saturated rings. The van der Waals surface area contributed by atoms with Gasteiger partial charge in [-0.3, -0.25) is 0 Å². The minimum Gasteiger partial charge on any atom is -0.426 e. The minimum atomic E-state index is -5.86. The molecule has 33 heavy (non-hydrogen) atoms. The van der Waals surface area contributed by atoms with E-state index < -0.39 is 57.1 Å². The van der Waals surface area contributed by atoms with E-state index >= 15 is 0 Å². The molecule has 1 saturated heterocycles. The molecular weight excluding hydrogens is 499 g/mol. The predicted molar refractivity (Wildman–Crippen MR) is 93.3 cm³/mol. The van der Waals surface area contributed by atoms with Gasteiger partial charge < -0.3 is 9.64 Å². The molecule has 6 nitrogen and oxygen atoms in total. The minimum absolute atomic E-state index is 0.0404. The van der Waals surface area contributed by atoms with Gasteiger partial charge >= 0.3 is 24.6 Å². The van der Waals surface area contributed by atoms with Crippen LogP contribution in [0.4, 0.5) is 44.3 Å². The third-order valence-electron chi connectivity index (χ3n) is 4.73. The van der Waals surface area contributed by atoms with E-state index in [1.54, 1.807) is 0 Å². The summed E-state index contributed by atoms with van der Waals surface area (Å²) in [5, 5.41) is 0. The second-order valence-electron chi connectivity index (χ2n) is 7.12. The quantitative estimate of drug-likeness (QED) is 0.592. The van der Waals surface area contributed by atoms with Crippen molar-refractivity contribution in [3.8, 4) is 0 Å². The number of nitrogens with zero attached hydrogens (tertiary/aromatic N) is 1. The van der Waals surface area contributed by atoms with Crippen molar-refractivity contribution >= 4 is 16.1 Å². The van der Waals surface area contributed by atoms with Gasteiger partial charge in [0.15, 0.2) is 0 Å². The number of nitrogens with one attached hydrogen (secondary N) is 1. The molecule has 1 aromatic rings. The molecule has 0 aliphatic carbocycles. The molecule has 0 spiro atoms. The van der Waals surface area contributed by atoms with Gasteiger partial charge in [-0.05, 0) is 30.9 Å². The number of halogens is 9. The van der Waals surface area contributed by atoms with Crippen molar-refractivity contribution < 1.29 is 57.5 Å². The van der Waals surface area contributed by atoms with Crippen molar-refractivity contribution in [1.82, 2.24) is 9.62 Å². The molecule has 0 radical (unpaired) electrons. The molecule has 188 valence electrons. The van der Waals surface area contributed by atoms with Crippen LogP contribution in [-0.2, 0) is 20.9 Å². The Kier molecular flexibility index (Phi) is 7.83. The summed E-state index contributed by atoms with van der Waals surface area (Å²) in [5.41, 5.74) is -1.38. The highest BCUT2D eigenvalue weighted by atomic mass is 32.2. The molecule has 0 aromatic heterocycles. The topological polar surface area (TPSA) is 75.7 Å². The van der Waals surface area contributed by atoms with Crippen LogP contribution in [0.25, 0.3) is 0 Å². The zero-order valence-corrected chi connectivity index (χ0v) is 17.2. The lowest BCUT2D eigenvalue weighted by Gasteiger charge is -2.33. The van der Waals surface area contributed by atoms with Crippen molar-refractivity contribution in [2.24, 2.45) is 5.92 Å². The summed E-state index contributed by atoms with van der Waals surface area (Å²) >= 11 is 0. The third-order valence-corrected chi connectivity index (χ3v) is 6.21. The molecule has 0 atom stereocenters. The first-order valence-electron chi connectivity index (χ1n) is 9.18. The number of alkyl halides is 9. The van der Waals surface area contributed by atoms with Gasteiger partial charge in [0.1, 0.15) is 0 Å². The number of carbonyl (C=O) groups excluding carboxylic acids is 1. The number of sulfonamides is 1. The number of ether oxygens (including phenoxy) is 1. The SMILES string of the molecule is O=C(OC(C(F)(F)F)C(F)(F)F)N1CCC(CNS(=O)(=O)c2ccccc2C(F)(F)F)CC1. The number of benzene rings is 1. The van der Waals surface area contributed by atoms with Gasteiger partial charge in [0.05, 0.1) is 10.5 Å². The molecule has 1 aliphatic rings. The average molecular weight is 516 g/mol. The van der Waals surface area contributed by atoms with Gasteiger partial charge in [0, 0.05) is 19.6 Å². The van der Waals surface area contributed by atoms with Crippen LogP contribution < -0.4 is 4.72 Å². The first-order chi connectivity index (χ1) is 14.9. The van der Waals surface area contributed by atoms with E-state index in [4.69, 9.17) is 0 Å². The molecule has 2 rings (SSSR count). The Morgan fingerprint density at radius 1 is 1.00 bits per heavy atom. The van der Waals surface area contributed by atoms with Gasteiger partial charge in [-0.25, -0.2) is 17.9 Å². The van der Waals surface area contributed by atoms with Crippen LogP contribution in [0.2, 0.25) is 0 Å². The smallest absolute Gasteiger partial charge is 0.426 e. The van der Waals surface area contributed by atoms with Crippen LogP contribution in [0.15, 0.2) is 29.2 Å². The average Bonchev–Trinajstić information content (AvgIpc) is 2.68. The number of piperidine rings is 1. The Morgan fingerprint density at radius 3 is 2.00 bits per heavy atom. The largest absolute Gasteiger partial charge is 0.434 e. The van der Waals surface area contributed by atoms with E-state index in [1.165, 1.54) is 0 Å². The van der Waals surface area contributed by atoms with Crippen molar-refractivity contribution in [2.45, 2.75) is 42.4 Å². The van der Waals surface area contributed by atoms with Crippen LogP contribution in [0, 0.1) is 5.92 Å². The lowest BCUT2D eigenvalue weighted by molar-refractivity contribution is -0.308. The summed E-state index contributed by atoms with van der Waals surface area (Å²) in [6.45, 7) is -1.04. The van der Waals surface area contributed by atoms with Gasteiger partial charge in [0.25, 0.3) is 6.10 Å². The van der Waals surface area contributed by atoms with Crippen LogP contribution in [0.3, 0.4) is 0 Å². The number of likely N-dealkylation sites (tertiary alicyclic amines) is 1. The highest BCUT2D eigenvalue weighted by molar-refractivity contribution is 7.89. The lowest BCUT2D eigenvalue weighted by atomic mass is 9.97. The molecule has 1 heterocycles. The van der Waals surface area contributed by atoms with E-state index in [2.05, 4.69) is 4.74 Å². The monoisotopic (exact) mass is 516 g/mol. The fourth-order valence-electron chi connectivity index (χ4n) is 3.05. The fraction of sp³-hybridized carbons (Fsp3) is 0.588. The Labute approximate surface area is 181 Å². The number of carbonyl (C=O) groups is 1. The van der Waals surface area contributed by atoms with Gasteiger partial charge in [-0.2, -0.15) is 39.5 Å². The summed E-state index contributed by atoms with van der Waals surface area (Å²) in [5.74, 6) is -0.539. The molecule has 16 heteroatoms. The maximum Gasteiger partial charge on any atom is 0.434 e. The number of rotatable bonds is 5. The molecule has 1 amide bonds. The maximum absolute atomic E-state index is 13.0. The third kappa shape index (κ3) is 7.12. The second-order valence-corrected chi connectivity index (χ2v) is 8.86. The molecular formula is C17H17F9N2O4S. The van der Waals surface area contributed by atoms with Crippen molar-refractivity contribution in [2.75, 3.05) is 19.6 Å². The maximum atomic E-state index is 13.0. The molecule has 0 unspecified atom stereocenters. The van der Waals surface area contributed by atoms with E-state index in [-0.39, 0.29) is 32.5 Å². The van der Waals surface area contributed by atoms with Gasteiger partial charge in [0.2, 0.25) is 10.0 Å². The Hall–Kier alpha value is -2.23. The Balaban J connectivity index is 1.96. The van der Waals surface area contributed by atoms with E-state index in [1.807, 2.05) is 4.72 Å². The first kappa shape index (κ1) is 27.0. The standard InChI is InChI=1S/C17H17F9N2O4S/c18-15(19,20)11-3-1-2-4-12(11)33(30,31)27-9-10-5-7-28(8-6-10)14(29)32-13(16(21,22)23)17(24,25)26/h1-4,10,13,27H,5-9H2. The molecule has 1 aromatic carbocycles. The zero-order valence-electron chi connectivity index (χ0n) is 16.4. The normalized spacial score (nSPS) is 16.8. The Bertz CT molecular complexity index is 923. The fourth-order valence-corrected chi connectivity index (χ4v) is 4.40. The molecule has 1 aliphatic heterocycles. The van der Waals surface area contributed by atoms with Crippen LogP contribution >= 0.6 is 0 Å². The molecule has 0 saturated carbocycles. The summed E-state index contributed by atoms with van der Waals surface area (Å²) in [4.78, 5) is 11.3. The highest BCUT2D eigenvalue weighted by Crippen LogP contribution is 2.36. The van der Waals surface area contributed by atoms with Crippen LogP contribution in [-0.4, -0.2) is 57.5 Å². The van der Waals surface area contributed by atoms with Gasteiger partial charge in [-0.15, -0.1) is 0 Å². The predicted octanol–water partition coefficient (Wildman–Crippen LogP) is 4.33. The molecule has 1 N–H and O–H groups in total. The van der Waals surface area contributed by atoms with Crippen molar-refractivity contribution in [3.05, 3.63) is 29.8 Å². The van der Waals surface area contributed by atoms with E-state index in [0.29, 0.717) is 11.0 Å². The molecule has 0 bridgehead atoms. The Morgan fingerprint density at radius 2 is 1.52 bits per heavy atom. The summed E-state index contributed by atoms with van der Waals surface area (Å²) in [6, 6.07) is 3.47. The zero-order chi connectivity index (χ0) is 25.2. The summed E-state index contributed by atoms with van der Waals surface area (Å²) < 4.78 is 144. The van der Waals surface area contributed by atoms with Crippen LogP contribution in [0.5, 0.6) is 0 Å². The summed E-state index contributed by atoms with van der Waals surface area (Å²) in [7, 11) is -4.58. The summed E-state index contributed by atoms with van der Waals surface area (Å²) in [6.07, 6.45) is -22.9. The first-order valence-corrected chi connectivity index (χ1v) is 10.7. The number of hydrogen-bond acceptors (Lipinski definition) is 4. The van der Waals surface area contributed by atoms with Crippen LogP contribution in [0.1, 0.15) is 18.4 Å². The van der Waals surface area contributed by atoms with Crippen molar-refractivity contribution in [3.63, 3.8) is 0 Å². The lowest BCUT2D eigenvalue weighted by Crippen LogP contribution is -2.49. The highest BCUT2D eigenvalue weighted by Gasteiger charge is 2.60. The van der Waals surface area contributed by atoms with E-state index in [0.717, 1.165) is 18.2 Å².